The molecule has 0 spiro atoms. The Hall–Kier alpha value is -1.44. The largest absolute Gasteiger partial charge is 0.299 e. The molecule has 0 aliphatic carbocycles. The van der Waals surface area contributed by atoms with Gasteiger partial charge in [-0.05, 0) is 5.56 Å². The minimum Gasteiger partial charge on any atom is -0.299 e. The number of benzene rings is 1. The average molecular weight is 232 g/mol. The molecule has 0 saturated carbocycles. The van der Waals surface area contributed by atoms with Crippen LogP contribution in [0.4, 0.5) is 0 Å². The van der Waals surface area contributed by atoms with Crippen molar-refractivity contribution in [3.8, 4) is 0 Å². The minimum absolute atomic E-state index is 0.00359. The number of carbonyl (C=O) groups excluding carboxylic acids is 2. The van der Waals surface area contributed by atoms with Gasteiger partial charge >= 0.3 is 0 Å². The summed E-state index contributed by atoms with van der Waals surface area (Å²) in [6, 6.07) is 9.57. The quantitative estimate of drug-likeness (QED) is 0.746. The van der Waals surface area contributed by atoms with Gasteiger partial charge in [-0.15, -0.1) is 0 Å². The molecule has 2 nitrogen and oxygen atoms in total. The van der Waals surface area contributed by atoms with Crippen molar-refractivity contribution in [2.24, 2.45) is 5.41 Å². The maximum absolute atomic E-state index is 12.0. The maximum atomic E-state index is 12.0. The van der Waals surface area contributed by atoms with Gasteiger partial charge in [0, 0.05) is 11.3 Å². The van der Waals surface area contributed by atoms with Gasteiger partial charge in [0.1, 0.15) is 11.6 Å². The van der Waals surface area contributed by atoms with E-state index in [0.29, 0.717) is 0 Å². The minimum atomic E-state index is -0.438. The first kappa shape index (κ1) is 13.6. The number of hydrogen-bond donors (Lipinski definition) is 0. The lowest BCUT2D eigenvalue weighted by atomic mass is 9.85. The van der Waals surface area contributed by atoms with Gasteiger partial charge in [0.25, 0.3) is 0 Å². The molecular formula is C15H20O2. The second-order valence-electron chi connectivity index (χ2n) is 5.45. The van der Waals surface area contributed by atoms with Gasteiger partial charge < -0.3 is 0 Å². The van der Waals surface area contributed by atoms with Crippen molar-refractivity contribution in [3.05, 3.63) is 35.9 Å². The lowest BCUT2D eigenvalue weighted by Crippen LogP contribution is -2.24. The number of Topliss-reactive ketones (excluding diaryl/α,β-unsaturated/α-hetero) is 2. The SMILES string of the molecule is CC(C(=O)CC(=O)C(C)(C)C)c1ccccc1. The van der Waals surface area contributed by atoms with Gasteiger partial charge in [0.15, 0.2) is 0 Å². The smallest absolute Gasteiger partial charge is 0.147 e. The highest BCUT2D eigenvalue weighted by Gasteiger charge is 2.26. The maximum Gasteiger partial charge on any atom is 0.147 e. The van der Waals surface area contributed by atoms with Crippen LogP contribution in [-0.4, -0.2) is 11.6 Å². The zero-order chi connectivity index (χ0) is 13.1. The van der Waals surface area contributed by atoms with Crippen molar-refractivity contribution in [2.45, 2.75) is 40.0 Å². The van der Waals surface area contributed by atoms with E-state index in [4.69, 9.17) is 0 Å². The topological polar surface area (TPSA) is 34.1 Å². The number of hydrogen-bond acceptors (Lipinski definition) is 2. The van der Waals surface area contributed by atoms with Crippen molar-refractivity contribution in [2.75, 3.05) is 0 Å². The Kier molecular flexibility index (Phi) is 4.22. The van der Waals surface area contributed by atoms with Crippen LogP contribution in [0.3, 0.4) is 0 Å². The van der Waals surface area contributed by atoms with Crippen LogP contribution in [0, 0.1) is 5.41 Å². The molecule has 0 aromatic heterocycles. The summed E-state index contributed by atoms with van der Waals surface area (Å²) >= 11 is 0. The molecule has 0 aliphatic rings. The van der Waals surface area contributed by atoms with Crippen LogP contribution in [0.15, 0.2) is 30.3 Å². The molecule has 1 rings (SSSR count). The third-order valence-corrected chi connectivity index (χ3v) is 2.95. The highest BCUT2D eigenvalue weighted by molar-refractivity contribution is 6.03. The van der Waals surface area contributed by atoms with E-state index in [0.717, 1.165) is 5.56 Å². The molecule has 1 aromatic rings. The Balaban J connectivity index is 2.69. The summed E-state index contributed by atoms with van der Waals surface area (Å²) in [4.78, 5) is 23.8. The monoisotopic (exact) mass is 232 g/mol. The fourth-order valence-electron chi connectivity index (χ4n) is 1.50. The molecule has 92 valence electrons. The molecule has 17 heavy (non-hydrogen) atoms. The van der Waals surface area contributed by atoms with Crippen LogP contribution in [0.5, 0.6) is 0 Å². The lowest BCUT2D eigenvalue weighted by Gasteiger charge is -2.17. The van der Waals surface area contributed by atoms with Crippen molar-refractivity contribution in [1.29, 1.82) is 0 Å². The van der Waals surface area contributed by atoms with Gasteiger partial charge in [-0.25, -0.2) is 0 Å². The van der Waals surface area contributed by atoms with Gasteiger partial charge in [0.2, 0.25) is 0 Å². The van der Waals surface area contributed by atoms with E-state index in [-0.39, 0.29) is 23.9 Å². The second kappa shape index (κ2) is 5.26. The fourth-order valence-corrected chi connectivity index (χ4v) is 1.50. The molecule has 1 unspecified atom stereocenters. The molecule has 1 aromatic carbocycles. The lowest BCUT2D eigenvalue weighted by molar-refractivity contribution is -0.132. The van der Waals surface area contributed by atoms with Gasteiger partial charge in [-0.2, -0.15) is 0 Å². The highest BCUT2D eigenvalue weighted by atomic mass is 16.1. The van der Waals surface area contributed by atoms with Crippen molar-refractivity contribution < 1.29 is 9.59 Å². The summed E-state index contributed by atoms with van der Waals surface area (Å²) < 4.78 is 0. The number of ketones is 2. The fraction of sp³-hybridized carbons (Fsp3) is 0.467. The molecular weight excluding hydrogens is 212 g/mol. The summed E-state index contributed by atoms with van der Waals surface area (Å²) in [6.07, 6.45) is 0.0273. The van der Waals surface area contributed by atoms with Crippen molar-refractivity contribution >= 4 is 11.6 Å². The van der Waals surface area contributed by atoms with Crippen LogP contribution < -0.4 is 0 Å². The van der Waals surface area contributed by atoms with Crippen LogP contribution in [0.25, 0.3) is 0 Å². The van der Waals surface area contributed by atoms with E-state index in [9.17, 15) is 9.59 Å². The van der Waals surface area contributed by atoms with Crippen LogP contribution in [-0.2, 0) is 9.59 Å². The highest BCUT2D eigenvalue weighted by Crippen LogP contribution is 2.22. The molecule has 0 aliphatic heterocycles. The van der Waals surface area contributed by atoms with Crippen LogP contribution in [0.1, 0.15) is 45.6 Å². The molecule has 0 radical (unpaired) electrons. The Morgan fingerprint density at radius 1 is 1.12 bits per heavy atom. The first-order chi connectivity index (χ1) is 7.82. The molecule has 0 N–H and O–H groups in total. The van der Waals surface area contributed by atoms with E-state index in [1.54, 1.807) is 0 Å². The molecule has 0 amide bonds. The van der Waals surface area contributed by atoms with Crippen LogP contribution >= 0.6 is 0 Å². The third-order valence-electron chi connectivity index (χ3n) is 2.95. The predicted molar refractivity (Wildman–Crippen MR) is 68.9 cm³/mol. The molecule has 0 heterocycles. The number of rotatable bonds is 4. The first-order valence-electron chi connectivity index (χ1n) is 5.93. The predicted octanol–water partition coefficient (Wildman–Crippen LogP) is 3.36. The zero-order valence-electron chi connectivity index (χ0n) is 11.0. The van der Waals surface area contributed by atoms with E-state index in [1.807, 2.05) is 58.0 Å². The first-order valence-corrected chi connectivity index (χ1v) is 5.93. The number of carbonyl (C=O) groups is 2. The van der Waals surface area contributed by atoms with Crippen molar-refractivity contribution in [3.63, 3.8) is 0 Å². The normalized spacial score (nSPS) is 13.2. The Morgan fingerprint density at radius 2 is 1.65 bits per heavy atom. The summed E-state index contributed by atoms with van der Waals surface area (Å²) in [5, 5.41) is 0. The summed E-state index contributed by atoms with van der Waals surface area (Å²) in [5.41, 5.74) is 0.533. The summed E-state index contributed by atoms with van der Waals surface area (Å²) in [6.45, 7) is 7.38. The molecule has 0 saturated heterocycles. The molecule has 1 atom stereocenters. The van der Waals surface area contributed by atoms with E-state index in [1.165, 1.54) is 0 Å². The van der Waals surface area contributed by atoms with Crippen molar-refractivity contribution in [1.82, 2.24) is 0 Å². The average Bonchev–Trinajstić information content (AvgIpc) is 2.27. The molecule has 2 heteroatoms. The standard InChI is InChI=1S/C15H20O2/c1-11(12-8-6-5-7-9-12)13(16)10-14(17)15(2,3)4/h5-9,11H,10H2,1-4H3. The van der Waals surface area contributed by atoms with Gasteiger partial charge in [-0.3, -0.25) is 9.59 Å². The van der Waals surface area contributed by atoms with Gasteiger partial charge in [0.05, 0.1) is 6.42 Å². The van der Waals surface area contributed by atoms with Crippen LogP contribution in [0.2, 0.25) is 0 Å². The third kappa shape index (κ3) is 3.81. The Morgan fingerprint density at radius 3 is 2.12 bits per heavy atom. The molecule has 0 bridgehead atoms. The van der Waals surface area contributed by atoms with E-state index < -0.39 is 5.41 Å². The zero-order valence-corrected chi connectivity index (χ0v) is 11.0. The summed E-state index contributed by atoms with van der Waals surface area (Å²) in [7, 11) is 0. The van der Waals surface area contributed by atoms with E-state index in [2.05, 4.69) is 0 Å². The van der Waals surface area contributed by atoms with Gasteiger partial charge in [-0.1, -0.05) is 58.0 Å². The Bertz CT molecular complexity index is 399. The Labute approximate surface area is 103 Å². The molecule has 0 fully saturated rings. The second-order valence-corrected chi connectivity index (χ2v) is 5.45. The summed E-state index contributed by atoms with van der Waals surface area (Å²) in [5.74, 6) is -0.205. The van der Waals surface area contributed by atoms with E-state index >= 15 is 0 Å².